The Labute approximate surface area is 138 Å². The van der Waals surface area contributed by atoms with E-state index in [0.29, 0.717) is 5.56 Å². The van der Waals surface area contributed by atoms with E-state index >= 15 is 0 Å². The number of nitrogens with zero attached hydrogens (tertiary/aromatic N) is 3. The largest absolute Gasteiger partial charge is 0.357 e. The number of piperazine rings is 1. The van der Waals surface area contributed by atoms with Gasteiger partial charge in [-0.25, -0.2) is 4.98 Å². The smallest absolute Gasteiger partial charge is 0.255 e. The Balaban J connectivity index is 0.00000176. The van der Waals surface area contributed by atoms with Crippen molar-refractivity contribution in [3.8, 4) is 0 Å². The van der Waals surface area contributed by atoms with Crippen LogP contribution in [0.2, 0.25) is 0 Å². The molecular weight excluding hydrogens is 300 g/mol. The van der Waals surface area contributed by atoms with Crippen molar-refractivity contribution in [2.45, 2.75) is 19.8 Å². The first-order valence-corrected chi connectivity index (χ1v) is 7.95. The average Bonchev–Trinajstić information content (AvgIpc) is 2.56. The van der Waals surface area contributed by atoms with Crippen LogP contribution < -0.4 is 10.2 Å². The van der Waals surface area contributed by atoms with Gasteiger partial charge in [0.2, 0.25) is 0 Å². The number of carbonyl (C=O) groups excluding carboxylic acids is 1. The number of aromatic nitrogens is 1. The molecular formula is C16H25ClN4O. The predicted octanol–water partition coefficient (Wildman–Crippen LogP) is 1.79. The molecule has 1 aromatic heterocycles. The molecule has 22 heavy (non-hydrogen) atoms. The number of anilines is 1. The van der Waals surface area contributed by atoms with Crippen molar-refractivity contribution in [2.24, 2.45) is 5.92 Å². The molecule has 6 heteroatoms. The minimum absolute atomic E-state index is 0. The van der Waals surface area contributed by atoms with Crippen LogP contribution >= 0.6 is 12.4 Å². The van der Waals surface area contributed by atoms with Crippen LogP contribution in [-0.2, 0) is 0 Å². The van der Waals surface area contributed by atoms with Gasteiger partial charge < -0.3 is 15.1 Å². The van der Waals surface area contributed by atoms with Gasteiger partial charge in [0.05, 0.1) is 5.56 Å². The fourth-order valence-corrected chi connectivity index (χ4v) is 2.99. The molecule has 2 fully saturated rings. The Morgan fingerprint density at radius 1 is 1.18 bits per heavy atom. The number of hydrogen-bond donors (Lipinski definition) is 1. The van der Waals surface area contributed by atoms with E-state index in [2.05, 4.69) is 22.1 Å². The molecule has 3 rings (SSSR count). The number of piperidine rings is 1. The highest BCUT2D eigenvalue weighted by molar-refractivity contribution is 5.94. The van der Waals surface area contributed by atoms with E-state index in [1.807, 2.05) is 17.0 Å². The number of amides is 1. The first-order valence-electron chi connectivity index (χ1n) is 7.95. The first kappa shape index (κ1) is 17.0. The summed E-state index contributed by atoms with van der Waals surface area (Å²) in [6.07, 6.45) is 4.18. The van der Waals surface area contributed by atoms with Crippen molar-refractivity contribution < 1.29 is 4.79 Å². The van der Waals surface area contributed by atoms with Gasteiger partial charge >= 0.3 is 0 Å². The third kappa shape index (κ3) is 3.90. The van der Waals surface area contributed by atoms with E-state index in [-0.39, 0.29) is 18.3 Å². The highest BCUT2D eigenvalue weighted by Crippen LogP contribution is 2.21. The summed E-state index contributed by atoms with van der Waals surface area (Å²) < 4.78 is 0. The monoisotopic (exact) mass is 324 g/mol. The molecule has 1 N–H and O–H groups in total. The van der Waals surface area contributed by atoms with E-state index in [1.54, 1.807) is 6.20 Å². The number of nitrogens with one attached hydrogen (secondary N) is 1. The van der Waals surface area contributed by atoms with Crippen molar-refractivity contribution >= 4 is 24.1 Å². The number of halogens is 1. The molecule has 0 unspecified atom stereocenters. The van der Waals surface area contributed by atoms with Crippen molar-refractivity contribution in [1.29, 1.82) is 0 Å². The van der Waals surface area contributed by atoms with Crippen LogP contribution in [0.25, 0.3) is 0 Å². The van der Waals surface area contributed by atoms with Crippen molar-refractivity contribution in [1.82, 2.24) is 15.2 Å². The normalized spacial score (nSPS) is 19.7. The summed E-state index contributed by atoms with van der Waals surface area (Å²) in [6, 6.07) is 3.91. The van der Waals surface area contributed by atoms with Gasteiger partial charge in [-0.2, -0.15) is 0 Å². The standard InChI is InChI=1S/C16H24N4O.ClH/c1-13-4-8-19(9-5-13)15-3-2-14(12-18-15)16(21)20-10-6-17-7-11-20;/h2-3,12-13,17H,4-11H2,1H3;1H. The average molecular weight is 325 g/mol. The molecule has 2 saturated heterocycles. The molecule has 0 atom stereocenters. The van der Waals surface area contributed by atoms with E-state index in [9.17, 15) is 4.79 Å². The van der Waals surface area contributed by atoms with Gasteiger partial charge in [-0.1, -0.05) is 6.92 Å². The summed E-state index contributed by atoms with van der Waals surface area (Å²) >= 11 is 0. The first-order chi connectivity index (χ1) is 10.2. The van der Waals surface area contributed by atoms with Crippen LogP contribution in [0.15, 0.2) is 18.3 Å². The molecule has 2 aliphatic heterocycles. The van der Waals surface area contributed by atoms with Crippen LogP contribution in [0.1, 0.15) is 30.1 Å². The lowest BCUT2D eigenvalue weighted by molar-refractivity contribution is 0.0735. The molecule has 0 saturated carbocycles. The van der Waals surface area contributed by atoms with Gasteiger partial charge in [0, 0.05) is 45.5 Å². The topological polar surface area (TPSA) is 48.5 Å². The second-order valence-corrected chi connectivity index (χ2v) is 6.12. The second kappa shape index (κ2) is 7.79. The summed E-state index contributed by atoms with van der Waals surface area (Å²) in [4.78, 5) is 21.1. The van der Waals surface area contributed by atoms with Crippen molar-refractivity contribution in [3.05, 3.63) is 23.9 Å². The van der Waals surface area contributed by atoms with Gasteiger partial charge in [-0.3, -0.25) is 4.79 Å². The quantitative estimate of drug-likeness (QED) is 0.901. The van der Waals surface area contributed by atoms with E-state index in [4.69, 9.17) is 0 Å². The molecule has 0 aliphatic carbocycles. The van der Waals surface area contributed by atoms with Crippen molar-refractivity contribution in [3.63, 3.8) is 0 Å². The zero-order valence-corrected chi connectivity index (χ0v) is 13.9. The maximum Gasteiger partial charge on any atom is 0.255 e. The fourth-order valence-electron chi connectivity index (χ4n) is 2.99. The summed E-state index contributed by atoms with van der Waals surface area (Å²) in [6.45, 7) is 7.76. The Kier molecular flexibility index (Phi) is 6.03. The minimum Gasteiger partial charge on any atom is -0.357 e. The highest BCUT2D eigenvalue weighted by atomic mass is 35.5. The van der Waals surface area contributed by atoms with Gasteiger partial charge in [-0.15, -0.1) is 12.4 Å². The Bertz CT molecular complexity index is 479. The summed E-state index contributed by atoms with van der Waals surface area (Å²) in [5, 5.41) is 3.26. The van der Waals surface area contributed by atoms with Crippen LogP contribution in [0.5, 0.6) is 0 Å². The summed E-state index contributed by atoms with van der Waals surface area (Å²) in [7, 11) is 0. The number of hydrogen-bond acceptors (Lipinski definition) is 4. The van der Waals surface area contributed by atoms with E-state index in [1.165, 1.54) is 12.8 Å². The maximum absolute atomic E-state index is 12.4. The van der Waals surface area contributed by atoms with Gasteiger partial charge in [0.15, 0.2) is 0 Å². The van der Waals surface area contributed by atoms with Crippen LogP contribution in [0.4, 0.5) is 5.82 Å². The number of rotatable bonds is 2. The lowest BCUT2D eigenvalue weighted by Crippen LogP contribution is -2.46. The molecule has 1 amide bonds. The number of pyridine rings is 1. The van der Waals surface area contributed by atoms with E-state index in [0.717, 1.165) is 51.0 Å². The Morgan fingerprint density at radius 3 is 2.45 bits per heavy atom. The van der Waals surface area contributed by atoms with Crippen LogP contribution in [0, 0.1) is 5.92 Å². The molecule has 0 aromatic carbocycles. The molecule has 0 radical (unpaired) electrons. The lowest BCUT2D eigenvalue weighted by Gasteiger charge is -2.31. The second-order valence-electron chi connectivity index (χ2n) is 6.12. The zero-order valence-electron chi connectivity index (χ0n) is 13.1. The minimum atomic E-state index is 0. The fraction of sp³-hybridized carbons (Fsp3) is 0.625. The Morgan fingerprint density at radius 2 is 1.86 bits per heavy atom. The van der Waals surface area contributed by atoms with Crippen LogP contribution in [-0.4, -0.2) is 55.1 Å². The molecule has 2 aliphatic rings. The molecule has 5 nitrogen and oxygen atoms in total. The van der Waals surface area contributed by atoms with E-state index < -0.39 is 0 Å². The maximum atomic E-state index is 12.4. The third-order valence-electron chi connectivity index (χ3n) is 4.51. The van der Waals surface area contributed by atoms with Gasteiger partial charge in [-0.05, 0) is 30.9 Å². The number of carbonyl (C=O) groups is 1. The third-order valence-corrected chi connectivity index (χ3v) is 4.51. The highest BCUT2D eigenvalue weighted by Gasteiger charge is 2.20. The Hall–Kier alpha value is -1.33. The lowest BCUT2D eigenvalue weighted by atomic mass is 9.99. The summed E-state index contributed by atoms with van der Waals surface area (Å²) in [5.41, 5.74) is 0.700. The molecule has 0 bridgehead atoms. The predicted molar refractivity (Wildman–Crippen MR) is 90.9 cm³/mol. The van der Waals surface area contributed by atoms with Crippen molar-refractivity contribution in [2.75, 3.05) is 44.2 Å². The van der Waals surface area contributed by atoms with Crippen LogP contribution in [0.3, 0.4) is 0 Å². The van der Waals surface area contributed by atoms with Gasteiger partial charge in [0.25, 0.3) is 5.91 Å². The summed E-state index contributed by atoms with van der Waals surface area (Å²) in [5.74, 6) is 1.91. The van der Waals surface area contributed by atoms with Gasteiger partial charge in [0.1, 0.15) is 5.82 Å². The zero-order chi connectivity index (χ0) is 14.7. The molecule has 0 spiro atoms. The molecule has 1 aromatic rings. The molecule has 3 heterocycles. The molecule has 122 valence electrons. The SMILES string of the molecule is CC1CCN(c2ccc(C(=O)N3CCNCC3)cn2)CC1.Cl.